The van der Waals surface area contributed by atoms with Crippen molar-refractivity contribution in [2.24, 2.45) is 4.99 Å². The van der Waals surface area contributed by atoms with Gasteiger partial charge in [0.25, 0.3) is 5.91 Å². The van der Waals surface area contributed by atoms with Gasteiger partial charge in [0.15, 0.2) is 14.6 Å². The third-order valence-electron chi connectivity index (χ3n) is 4.50. The fourth-order valence-electron chi connectivity index (χ4n) is 2.93. The van der Waals surface area contributed by atoms with E-state index in [2.05, 4.69) is 4.99 Å². The fourth-order valence-corrected chi connectivity index (χ4v) is 4.94. The van der Waals surface area contributed by atoms with E-state index < -0.39 is 15.7 Å². The number of amides is 1. The van der Waals surface area contributed by atoms with Crippen LogP contribution in [0.15, 0.2) is 52.4 Å². The zero-order chi connectivity index (χ0) is 21.7. The average molecular weight is 449 g/mol. The first kappa shape index (κ1) is 22.2. The second kappa shape index (κ2) is 9.55. The van der Waals surface area contributed by atoms with Gasteiger partial charge in [0, 0.05) is 19.2 Å². The zero-order valence-electron chi connectivity index (χ0n) is 17.1. The maximum Gasteiger partial charge on any atom is 0.279 e. The molecule has 1 aromatic heterocycles. The number of hydrogen-bond donors (Lipinski definition) is 0. The summed E-state index contributed by atoms with van der Waals surface area (Å²) in [5.41, 5.74) is 1.16. The summed E-state index contributed by atoms with van der Waals surface area (Å²) in [6.45, 7) is 5.04. The second-order valence-corrected chi connectivity index (χ2v) is 9.73. The van der Waals surface area contributed by atoms with Crippen LogP contribution >= 0.6 is 11.3 Å². The molecule has 3 aromatic rings. The van der Waals surface area contributed by atoms with Crippen LogP contribution in [0.1, 0.15) is 24.2 Å². The Morgan fingerprint density at radius 1 is 1.17 bits per heavy atom. The predicted octanol–water partition coefficient (Wildman–Crippen LogP) is 3.28. The summed E-state index contributed by atoms with van der Waals surface area (Å²) in [6.07, 6.45) is 0. The number of ether oxygens (including phenoxy) is 2. The molecule has 30 heavy (non-hydrogen) atoms. The molecule has 0 radical (unpaired) electrons. The molecule has 1 heterocycles. The van der Waals surface area contributed by atoms with E-state index in [1.165, 1.54) is 23.5 Å². The highest BCUT2D eigenvalue weighted by atomic mass is 32.2. The van der Waals surface area contributed by atoms with Crippen molar-refractivity contribution < 1.29 is 22.7 Å². The molecule has 0 fully saturated rings. The first-order chi connectivity index (χ1) is 14.4. The van der Waals surface area contributed by atoms with E-state index in [4.69, 9.17) is 9.47 Å². The molecule has 0 unspecified atom stereocenters. The molecule has 7 nitrogen and oxygen atoms in total. The van der Waals surface area contributed by atoms with Gasteiger partial charge in [-0.1, -0.05) is 24.3 Å². The Balaban J connectivity index is 2.08. The van der Waals surface area contributed by atoms with Gasteiger partial charge < -0.3 is 14.0 Å². The van der Waals surface area contributed by atoms with Crippen molar-refractivity contribution in [1.82, 2.24) is 4.57 Å². The zero-order valence-corrected chi connectivity index (χ0v) is 18.8. The molecule has 0 atom stereocenters. The number of hydrogen-bond acceptors (Lipinski definition) is 6. The molecule has 2 aromatic carbocycles. The summed E-state index contributed by atoms with van der Waals surface area (Å²) in [4.78, 5) is 17.8. The third-order valence-corrected chi connectivity index (χ3v) is 7.27. The van der Waals surface area contributed by atoms with Crippen molar-refractivity contribution >= 4 is 37.3 Å². The first-order valence-corrected chi connectivity index (χ1v) is 12.0. The summed E-state index contributed by atoms with van der Waals surface area (Å²) >= 11 is 1.37. The lowest BCUT2D eigenvalue weighted by atomic mass is 10.2. The van der Waals surface area contributed by atoms with Crippen molar-refractivity contribution in [3.05, 3.63) is 52.8 Å². The van der Waals surface area contributed by atoms with Crippen LogP contribution in [0, 0.1) is 0 Å². The molecule has 3 rings (SSSR count). The monoisotopic (exact) mass is 448 g/mol. The minimum Gasteiger partial charge on any atom is -0.494 e. The number of carbonyl (C=O) groups is 1. The minimum atomic E-state index is -3.40. The van der Waals surface area contributed by atoms with Crippen LogP contribution in [-0.2, 0) is 21.1 Å². The van der Waals surface area contributed by atoms with Crippen LogP contribution in [0.2, 0.25) is 0 Å². The molecule has 0 bridgehead atoms. The van der Waals surface area contributed by atoms with Crippen molar-refractivity contribution in [2.45, 2.75) is 25.3 Å². The summed E-state index contributed by atoms with van der Waals surface area (Å²) in [6, 6.07) is 11.7. The van der Waals surface area contributed by atoms with Crippen molar-refractivity contribution in [2.75, 3.05) is 26.1 Å². The number of fused-ring (bicyclic) bond motifs is 1. The van der Waals surface area contributed by atoms with E-state index in [9.17, 15) is 13.2 Å². The van der Waals surface area contributed by atoms with Crippen LogP contribution in [0.5, 0.6) is 5.75 Å². The Morgan fingerprint density at radius 3 is 2.67 bits per heavy atom. The van der Waals surface area contributed by atoms with E-state index >= 15 is 0 Å². The molecule has 0 N–H and O–H groups in total. The normalized spacial score (nSPS) is 12.4. The van der Waals surface area contributed by atoms with Crippen LogP contribution in [-0.4, -0.2) is 45.0 Å². The number of aromatic nitrogens is 1. The Bertz CT molecular complexity index is 1230. The van der Waals surface area contributed by atoms with Crippen LogP contribution in [0.4, 0.5) is 0 Å². The van der Waals surface area contributed by atoms with Gasteiger partial charge in [-0.15, -0.1) is 0 Å². The van der Waals surface area contributed by atoms with E-state index in [1.807, 2.05) is 29.7 Å². The quantitative estimate of drug-likeness (QED) is 0.528. The first-order valence-electron chi connectivity index (χ1n) is 9.56. The van der Waals surface area contributed by atoms with Crippen LogP contribution < -0.4 is 9.54 Å². The summed E-state index contributed by atoms with van der Waals surface area (Å²) < 4.78 is 37.9. The van der Waals surface area contributed by atoms with E-state index in [0.717, 1.165) is 16.0 Å². The molecule has 0 saturated carbocycles. The Labute approximate surface area is 179 Å². The molecule has 0 aliphatic rings. The number of sulfone groups is 1. The maximum absolute atomic E-state index is 12.8. The van der Waals surface area contributed by atoms with Gasteiger partial charge in [-0.05, 0) is 43.3 Å². The van der Waals surface area contributed by atoms with Gasteiger partial charge in [0.05, 0.1) is 34.1 Å². The van der Waals surface area contributed by atoms with E-state index in [1.54, 1.807) is 26.2 Å². The van der Waals surface area contributed by atoms with Crippen molar-refractivity contribution in [3.63, 3.8) is 0 Å². The number of benzene rings is 2. The SMILES string of the molecule is CCOc1ccc2c(c1)sc(=NC(=O)c1cccc(S(=O)(=O)CC)c1)n2CCOC. The topological polar surface area (TPSA) is 87.0 Å². The number of nitrogens with zero attached hydrogens (tertiary/aromatic N) is 2. The molecular formula is C21H24N2O5S2. The largest absolute Gasteiger partial charge is 0.494 e. The van der Waals surface area contributed by atoms with Gasteiger partial charge >= 0.3 is 0 Å². The molecule has 0 aliphatic carbocycles. The highest BCUT2D eigenvalue weighted by Crippen LogP contribution is 2.23. The van der Waals surface area contributed by atoms with E-state index in [0.29, 0.717) is 24.6 Å². The molecule has 0 aliphatic heterocycles. The Kier molecular flexibility index (Phi) is 7.06. The Hall–Kier alpha value is -2.49. The molecule has 1 amide bonds. The van der Waals surface area contributed by atoms with E-state index in [-0.39, 0.29) is 16.2 Å². The van der Waals surface area contributed by atoms with Crippen LogP contribution in [0.25, 0.3) is 10.2 Å². The smallest absolute Gasteiger partial charge is 0.279 e. The van der Waals surface area contributed by atoms with Crippen molar-refractivity contribution in [1.29, 1.82) is 0 Å². The molecule has 160 valence electrons. The van der Waals surface area contributed by atoms with Gasteiger partial charge in [-0.25, -0.2) is 8.42 Å². The molecule has 9 heteroatoms. The lowest BCUT2D eigenvalue weighted by Crippen LogP contribution is -2.19. The van der Waals surface area contributed by atoms with Gasteiger partial charge in [0.1, 0.15) is 5.75 Å². The summed E-state index contributed by atoms with van der Waals surface area (Å²) in [5.74, 6) is 0.225. The Morgan fingerprint density at radius 2 is 1.97 bits per heavy atom. The standard InChI is InChI=1S/C21H24N2O5S2/c1-4-28-16-9-10-18-19(14-16)29-21(23(18)11-12-27-3)22-20(24)15-7-6-8-17(13-15)30(25,26)5-2/h6-10,13-14H,4-5,11-12H2,1-3H3. The molecule has 0 spiro atoms. The van der Waals surface area contributed by atoms with Crippen molar-refractivity contribution in [3.8, 4) is 5.75 Å². The number of rotatable bonds is 8. The number of carbonyl (C=O) groups excluding carboxylic acids is 1. The minimum absolute atomic E-state index is 0.0305. The maximum atomic E-state index is 12.8. The van der Waals surface area contributed by atoms with Gasteiger partial charge in [-0.2, -0.15) is 4.99 Å². The summed E-state index contributed by atoms with van der Waals surface area (Å²) in [5, 5.41) is 0. The number of methoxy groups -OCH3 is 1. The predicted molar refractivity (Wildman–Crippen MR) is 117 cm³/mol. The average Bonchev–Trinajstić information content (AvgIpc) is 3.08. The van der Waals surface area contributed by atoms with Crippen LogP contribution in [0.3, 0.4) is 0 Å². The lowest BCUT2D eigenvalue weighted by molar-refractivity contribution is 0.0997. The van der Waals surface area contributed by atoms with Gasteiger partial charge in [0.2, 0.25) is 0 Å². The van der Waals surface area contributed by atoms with Gasteiger partial charge in [-0.3, -0.25) is 4.79 Å². The fraction of sp³-hybridized carbons (Fsp3) is 0.333. The highest BCUT2D eigenvalue weighted by molar-refractivity contribution is 7.91. The highest BCUT2D eigenvalue weighted by Gasteiger charge is 2.15. The third kappa shape index (κ3) is 4.80. The summed E-state index contributed by atoms with van der Waals surface area (Å²) in [7, 11) is -1.79. The molecular weight excluding hydrogens is 424 g/mol. The molecule has 0 saturated heterocycles. The second-order valence-electron chi connectivity index (χ2n) is 6.44. The lowest BCUT2D eigenvalue weighted by Gasteiger charge is -2.06. The number of thiazole rings is 1.